The van der Waals surface area contributed by atoms with Crippen molar-refractivity contribution in [1.82, 2.24) is 0 Å². The Kier molecular flexibility index (Phi) is 4.29. The Bertz CT molecular complexity index is 749. The molecule has 0 amide bonds. The van der Waals surface area contributed by atoms with E-state index in [1.54, 1.807) is 12.1 Å². The topological polar surface area (TPSA) is 55.9 Å². The SMILES string of the molecule is Cc1ccc(S(=O)(=O)OCc2ccccc2)c(CC2CO2)c1. The summed E-state index contributed by atoms with van der Waals surface area (Å²) in [5, 5.41) is 0. The summed E-state index contributed by atoms with van der Waals surface area (Å²) in [7, 11) is -3.78. The first kappa shape index (κ1) is 15.2. The second-order valence-corrected chi connectivity index (χ2v) is 7.06. The molecule has 116 valence electrons. The lowest BCUT2D eigenvalue weighted by atomic mass is 10.1. The minimum absolute atomic E-state index is 0.0381. The highest BCUT2D eigenvalue weighted by Gasteiger charge is 2.27. The van der Waals surface area contributed by atoms with Gasteiger partial charge in [0.05, 0.1) is 24.2 Å². The van der Waals surface area contributed by atoms with E-state index in [2.05, 4.69) is 0 Å². The van der Waals surface area contributed by atoms with Crippen molar-refractivity contribution < 1.29 is 17.3 Å². The van der Waals surface area contributed by atoms with E-state index in [0.29, 0.717) is 13.0 Å². The second-order valence-electron chi connectivity index (χ2n) is 5.47. The predicted octanol–water partition coefficient (Wildman–Crippen LogP) is 2.84. The van der Waals surface area contributed by atoms with Crippen LogP contribution in [0.15, 0.2) is 53.4 Å². The third kappa shape index (κ3) is 3.74. The zero-order valence-corrected chi connectivity index (χ0v) is 13.2. The molecular formula is C17H18O4S. The first-order valence-corrected chi connectivity index (χ1v) is 8.60. The highest BCUT2D eigenvalue weighted by molar-refractivity contribution is 7.86. The van der Waals surface area contributed by atoms with Crippen molar-refractivity contribution in [2.24, 2.45) is 0 Å². The van der Waals surface area contributed by atoms with Gasteiger partial charge in [-0.2, -0.15) is 8.42 Å². The largest absolute Gasteiger partial charge is 0.373 e. The van der Waals surface area contributed by atoms with Crippen molar-refractivity contribution in [3.63, 3.8) is 0 Å². The number of ether oxygens (including phenoxy) is 1. The molecule has 1 fully saturated rings. The molecule has 1 atom stereocenters. The van der Waals surface area contributed by atoms with Gasteiger partial charge in [-0.25, -0.2) is 0 Å². The van der Waals surface area contributed by atoms with E-state index in [9.17, 15) is 8.42 Å². The maximum atomic E-state index is 12.5. The average molecular weight is 318 g/mol. The molecule has 1 aliphatic rings. The van der Waals surface area contributed by atoms with Gasteiger partial charge in [-0.1, -0.05) is 48.0 Å². The van der Waals surface area contributed by atoms with Crippen LogP contribution in [0.5, 0.6) is 0 Å². The van der Waals surface area contributed by atoms with E-state index in [1.165, 1.54) is 0 Å². The number of benzene rings is 2. The molecule has 0 radical (unpaired) electrons. The summed E-state index contributed by atoms with van der Waals surface area (Å²) >= 11 is 0. The Hall–Kier alpha value is -1.69. The normalized spacial score (nSPS) is 17.4. The first-order valence-electron chi connectivity index (χ1n) is 7.19. The lowest BCUT2D eigenvalue weighted by Crippen LogP contribution is -2.11. The summed E-state index contributed by atoms with van der Waals surface area (Å²) in [5.41, 5.74) is 2.61. The van der Waals surface area contributed by atoms with Gasteiger partial charge < -0.3 is 4.74 Å². The fraction of sp³-hybridized carbons (Fsp3) is 0.294. The number of rotatable bonds is 6. The Labute approximate surface area is 130 Å². The maximum Gasteiger partial charge on any atom is 0.297 e. The van der Waals surface area contributed by atoms with E-state index in [1.807, 2.05) is 43.3 Å². The molecule has 0 spiro atoms. The van der Waals surface area contributed by atoms with Crippen molar-refractivity contribution in [2.75, 3.05) is 6.61 Å². The maximum absolute atomic E-state index is 12.5. The van der Waals surface area contributed by atoms with Gasteiger partial charge >= 0.3 is 0 Å². The Morgan fingerprint density at radius 3 is 2.59 bits per heavy atom. The van der Waals surface area contributed by atoms with E-state index < -0.39 is 10.1 Å². The van der Waals surface area contributed by atoms with Crippen LogP contribution in [0.3, 0.4) is 0 Å². The van der Waals surface area contributed by atoms with Crippen LogP contribution in [0.2, 0.25) is 0 Å². The van der Waals surface area contributed by atoms with Crippen LogP contribution in [-0.4, -0.2) is 21.1 Å². The molecule has 0 aliphatic carbocycles. The summed E-state index contributed by atoms with van der Waals surface area (Å²) in [6.45, 7) is 2.67. The Morgan fingerprint density at radius 2 is 1.91 bits per heavy atom. The summed E-state index contributed by atoms with van der Waals surface area (Å²) in [6, 6.07) is 14.6. The molecule has 0 saturated carbocycles. The van der Waals surface area contributed by atoms with Gasteiger partial charge in [-0.15, -0.1) is 0 Å². The zero-order chi connectivity index (χ0) is 15.6. The quantitative estimate of drug-likeness (QED) is 0.607. The molecule has 3 rings (SSSR count). The van der Waals surface area contributed by atoms with Crippen LogP contribution in [0.25, 0.3) is 0 Å². The highest BCUT2D eigenvalue weighted by atomic mass is 32.2. The Morgan fingerprint density at radius 1 is 1.18 bits per heavy atom. The van der Waals surface area contributed by atoms with Crippen molar-refractivity contribution in [1.29, 1.82) is 0 Å². The van der Waals surface area contributed by atoms with E-state index in [-0.39, 0.29) is 17.6 Å². The van der Waals surface area contributed by atoms with E-state index >= 15 is 0 Å². The van der Waals surface area contributed by atoms with Crippen molar-refractivity contribution in [3.05, 3.63) is 65.2 Å². The smallest absolute Gasteiger partial charge is 0.297 e. The van der Waals surface area contributed by atoms with Gasteiger partial charge in [-0.3, -0.25) is 4.18 Å². The van der Waals surface area contributed by atoms with Gasteiger partial charge in [0.15, 0.2) is 0 Å². The lowest BCUT2D eigenvalue weighted by molar-refractivity contribution is 0.307. The number of aryl methyl sites for hydroxylation is 1. The van der Waals surface area contributed by atoms with Crippen LogP contribution in [0.1, 0.15) is 16.7 Å². The van der Waals surface area contributed by atoms with Crippen LogP contribution in [-0.2, 0) is 32.1 Å². The average Bonchev–Trinajstić information content (AvgIpc) is 3.30. The molecule has 1 aliphatic heterocycles. The van der Waals surface area contributed by atoms with Gasteiger partial charge in [-0.05, 0) is 24.1 Å². The Balaban J connectivity index is 1.81. The third-order valence-corrected chi connectivity index (χ3v) is 4.92. The minimum Gasteiger partial charge on any atom is -0.373 e. The molecule has 0 N–H and O–H groups in total. The van der Waals surface area contributed by atoms with Gasteiger partial charge in [0.1, 0.15) is 0 Å². The molecular weight excluding hydrogens is 300 g/mol. The molecule has 0 aromatic heterocycles. The van der Waals surface area contributed by atoms with E-state index in [4.69, 9.17) is 8.92 Å². The molecule has 22 heavy (non-hydrogen) atoms. The minimum atomic E-state index is -3.78. The van der Waals surface area contributed by atoms with Gasteiger partial charge in [0.25, 0.3) is 10.1 Å². The summed E-state index contributed by atoms with van der Waals surface area (Å²) < 4.78 is 35.4. The predicted molar refractivity (Wildman–Crippen MR) is 83.0 cm³/mol. The van der Waals surface area contributed by atoms with Gasteiger partial charge in [0.2, 0.25) is 0 Å². The number of hydrogen-bond donors (Lipinski definition) is 0. The van der Waals surface area contributed by atoms with Crippen LogP contribution >= 0.6 is 0 Å². The molecule has 1 heterocycles. The molecule has 0 bridgehead atoms. The number of epoxide rings is 1. The van der Waals surface area contributed by atoms with Crippen molar-refractivity contribution in [2.45, 2.75) is 31.0 Å². The summed E-state index contributed by atoms with van der Waals surface area (Å²) in [4.78, 5) is 0.240. The molecule has 4 nitrogen and oxygen atoms in total. The van der Waals surface area contributed by atoms with Crippen molar-refractivity contribution in [3.8, 4) is 0 Å². The molecule has 5 heteroatoms. The fourth-order valence-electron chi connectivity index (χ4n) is 2.33. The standard InChI is InChI=1S/C17H18O4S/c1-13-7-8-17(15(9-13)10-16-12-20-16)22(18,19)21-11-14-5-3-2-4-6-14/h2-9,16H,10-12H2,1H3. The summed E-state index contributed by atoms with van der Waals surface area (Å²) in [5.74, 6) is 0. The molecule has 1 saturated heterocycles. The van der Waals surface area contributed by atoms with Crippen LogP contribution < -0.4 is 0 Å². The summed E-state index contributed by atoms with van der Waals surface area (Å²) in [6.07, 6.45) is 0.732. The zero-order valence-electron chi connectivity index (χ0n) is 12.4. The molecule has 2 aromatic rings. The molecule has 1 unspecified atom stereocenters. The number of hydrogen-bond acceptors (Lipinski definition) is 4. The second kappa shape index (κ2) is 6.20. The third-order valence-electron chi connectivity index (χ3n) is 3.56. The fourth-order valence-corrected chi connectivity index (χ4v) is 3.44. The van der Waals surface area contributed by atoms with Crippen molar-refractivity contribution >= 4 is 10.1 Å². The van der Waals surface area contributed by atoms with Gasteiger partial charge in [0, 0.05) is 6.42 Å². The van der Waals surface area contributed by atoms with Crippen LogP contribution in [0.4, 0.5) is 0 Å². The first-order chi connectivity index (χ1) is 10.5. The monoisotopic (exact) mass is 318 g/mol. The lowest BCUT2D eigenvalue weighted by Gasteiger charge is -2.11. The van der Waals surface area contributed by atoms with Crippen LogP contribution in [0, 0.1) is 6.92 Å². The van der Waals surface area contributed by atoms with E-state index in [0.717, 1.165) is 16.7 Å². The highest BCUT2D eigenvalue weighted by Crippen LogP contribution is 2.25. The molecule has 2 aromatic carbocycles.